The number of anilines is 2. The van der Waals surface area contributed by atoms with Crippen LogP contribution in [0.2, 0.25) is 0 Å². The summed E-state index contributed by atoms with van der Waals surface area (Å²) in [5.41, 5.74) is 15.5. The minimum absolute atomic E-state index is 0.0154. The number of carbonyl (C=O) groups is 7. The highest BCUT2D eigenvalue weighted by atomic mass is 16.5. The maximum Gasteiger partial charge on any atom is 0.260 e. The number of amides is 7. The normalized spacial score (nSPS) is 26.0. The highest BCUT2D eigenvalue weighted by Crippen LogP contribution is 2.25. The lowest BCUT2D eigenvalue weighted by Crippen LogP contribution is -2.61. The van der Waals surface area contributed by atoms with Gasteiger partial charge in [-0.05, 0) is 112 Å². The average Bonchev–Trinajstić information content (AvgIpc) is 4.01. The van der Waals surface area contributed by atoms with Crippen LogP contribution in [0.3, 0.4) is 0 Å². The summed E-state index contributed by atoms with van der Waals surface area (Å²) in [5, 5.41) is 44.9. The second-order valence-corrected chi connectivity index (χ2v) is 19.9. The van der Waals surface area contributed by atoms with Gasteiger partial charge in [0.15, 0.2) is 6.17 Å². The Balaban J connectivity index is 1.06. The number of hydrogen-bond donors (Lipinski definition) is 10. The minimum Gasteiger partial charge on any atom is -0.508 e. The van der Waals surface area contributed by atoms with E-state index in [1.807, 2.05) is 24.3 Å². The van der Waals surface area contributed by atoms with Crippen molar-refractivity contribution in [2.75, 3.05) is 62.2 Å². The number of fused-ring (bicyclic) bond motifs is 2. The zero-order chi connectivity index (χ0) is 53.8. The first-order chi connectivity index (χ1) is 36.0. The number of carbonyl (C=O) groups excluding carboxylic acids is 7. The van der Waals surface area contributed by atoms with Gasteiger partial charge in [-0.25, -0.2) is 0 Å². The molecular weight excluding hydrogens is 967 g/mol. The molecule has 7 rings (SSSR count). The molecule has 4 aliphatic rings. The number of nitrogens with one attached hydrogen (secondary N) is 5. The highest BCUT2D eigenvalue weighted by Gasteiger charge is 2.45. The quantitative estimate of drug-likeness (QED) is 0.0972. The first-order valence-electron chi connectivity index (χ1n) is 26.1. The fourth-order valence-electron chi connectivity index (χ4n) is 9.98. The van der Waals surface area contributed by atoms with Crippen LogP contribution >= 0.6 is 0 Å². The Labute approximate surface area is 436 Å². The third-order valence-electron chi connectivity index (χ3n) is 14.3. The Morgan fingerprint density at radius 2 is 1.39 bits per heavy atom. The fraction of sp³-hybridized carbons (Fsp3) is 0.528. The molecule has 4 heterocycles. The summed E-state index contributed by atoms with van der Waals surface area (Å²) >= 11 is 0. The molecule has 12 N–H and O–H groups in total. The average molecular weight is 1040 g/mol. The number of aliphatic hydroxyl groups excluding tert-OH is 2. The van der Waals surface area contributed by atoms with Crippen LogP contribution in [0, 0.1) is 0 Å². The van der Waals surface area contributed by atoms with Gasteiger partial charge >= 0.3 is 0 Å². The smallest absolute Gasteiger partial charge is 0.260 e. The molecule has 0 aliphatic carbocycles. The van der Waals surface area contributed by atoms with E-state index in [0.717, 1.165) is 67.5 Å². The summed E-state index contributed by atoms with van der Waals surface area (Å²) in [5.74, 6) is -4.57. The summed E-state index contributed by atoms with van der Waals surface area (Å²) in [7, 11) is 0. The van der Waals surface area contributed by atoms with Crippen molar-refractivity contribution in [3.63, 3.8) is 0 Å². The second-order valence-electron chi connectivity index (χ2n) is 19.9. The number of aryl methyl sites for hydroxylation is 1. The molecule has 3 aromatic rings. The molecule has 7 unspecified atom stereocenters. The molecular formula is C53H73N11O11. The van der Waals surface area contributed by atoms with Gasteiger partial charge in [0.2, 0.25) is 29.5 Å². The van der Waals surface area contributed by atoms with E-state index < -0.39 is 96.0 Å². The molecule has 0 bridgehead atoms. The number of aliphatic hydroxyl groups is 2. The number of ether oxygens (including phenoxy) is 1. The Bertz CT molecular complexity index is 2460. The summed E-state index contributed by atoms with van der Waals surface area (Å²) < 4.78 is 5.88. The number of piperazine rings is 1. The van der Waals surface area contributed by atoms with Crippen molar-refractivity contribution in [1.29, 1.82) is 0 Å². The van der Waals surface area contributed by atoms with Gasteiger partial charge in [0.05, 0.1) is 18.8 Å². The van der Waals surface area contributed by atoms with Gasteiger partial charge in [0, 0.05) is 75.2 Å². The first-order valence-corrected chi connectivity index (χ1v) is 26.1. The Kier molecular flexibility index (Phi) is 19.3. The van der Waals surface area contributed by atoms with E-state index in [4.69, 9.17) is 16.2 Å². The predicted octanol–water partition coefficient (Wildman–Crippen LogP) is -0.430. The number of benzene rings is 3. The van der Waals surface area contributed by atoms with E-state index in [2.05, 4.69) is 55.4 Å². The van der Waals surface area contributed by atoms with Crippen molar-refractivity contribution in [3.8, 4) is 11.5 Å². The zero-order valence-corrected chi connectivity index (χ0v) is 42.7. The van der Waals surface area contributed by atoms with Gasteiger partial charge in [-0.3, -0.25) is 33.6 Å². The van der Waals surface area contributed by atoms with E-state index >= 15 is 0 Å². The van der Waals surface area contributed by atoms with Crippen LogP contribution in [0.15, 0.2) is 72.8 Å². The van der Waals surface area contributed by atoms with Crippen molar-refractivity contribution in [3.05, 3.63) is 83.9 Å². The summed E-state index contributed by atoms with van der Waals surface area (Å²) in [6.45, 7) is 6.74. The molecule has 22 heteroatoms. The number of hydrogen-bond acceptors (Lipinski definition) is 15. The molecule has 22 nitrogen and oxygen atoms in total. The van der Waals surface area contributed by atoms with Crippen molar-refractivity contribution >= 4 is 52.7 Å². The lowest BCUT2D eigenvalue weighted by atomic mass is 10.0. The number of aromatic hydroxyl groups is 1. The monoisotopic (exact) mass is 1040 g/mol. The van der Waals surface area contributed by atoms with E-state index in [9.17, 15) is 48.9 Å². The topological polar surface area (TPSA) is 315 Å². The van der Waals surface area contributed by atoms with Gasteiger partial charge in [-0.1, -0.05) is 31.9 Å². The summed E-state index contributed by atoms with van der Waals surface area (Å²) in [6.07, 6.45) is -1.04. The Morgan fingerprint density at radius 1 is 0.760 bits per heavy atom. The first kappa shape index (κ1) is 55.7. The van der Waals surface area contributed by atoms with Crippen LogP contribution in [-0.4, -0.2) is 174 Å². The largest absolute Gasteiger partial charge is 0.508 e. The molecule has 3 aromatic carbocycles. The molecule has 7 amide bonds. The maximum absolute atomic E-state index is 14.3. The molecule has 75 heavy (non-hydrogen) atoms. The van der Waals surface area contributed by atoms with Crippen molar-refractivity contribution < 1.29 is 53.6 Å². The summed E-state index contributed by atoms with van der Waals surface area (Å²) in [6, 6.07) is 13.9. The van der Waals surface area contributed by atoms with Crippen LogP contribution in [0.1, 0.15) is 81.1 Å². The zero-order valence-electron chi connectivity index (χ0n) is 42.7. The number of unbranched alkanes of at least 4 members (excludes halogenated alkanes) is 2. The third kappa shape index (κ3) is 14.6. The Hall–Kier alpha value is -7.01. The maximum atomic E-state index is 14.3. The SMILES string of the molecule is CCCCCOc1ccc(N2CCN(c3ccc(C(=O)NC4CCCNC(=O)C5CC(N)CN5C(=O)C(N)NC(=O)C(CCc5ccc(O)cc5)NC(=O)C5C[C@@H](O)CN5C(=O)C([C@@H](C)O)NC4=O)cc3)CC2)cc1. The molecule has 0 aromatic heterocycles. The van der Waals surface area contributed by atoms with E-state index in [-0.39, 0.29) is 69.5 Å². The van der Waals surface area contributed by atoms with Crippen molar-refractivity contribution in [2.45, 2.75) is 126 Å². The number of nitrogens with zero attached hydrogens (tertiary/aromatic N) is 4. The van der Waals surface area contributed by atoms with Crippen molar-refractivity contribution in [1.82, 2.24) is 36.4 Å². The van der Waals surface area contributed by atoms with Crippen molar-refractivity contribution in [2.24, 2.45) is 11.5 Å². The van der Waals surface area contributed by atoms with Gasteiger partial charge in [-0.15, -0.1) is 0 Å². The van der Waals surface area contributed by atoms with Crippen LogP contribution in [-0.2, 0) is 35.2 Å². The lowest BCUT2D eigenvalue weighted by molar-refractivity contribution is -0.145. The molecule has 0 spiro atoms. The van der Waals surface area contributed by atoms with Gasteiger partial charge in [0.25, 0.3) is 11.8 Å². The molecule has 0 saturated carbocycles. The lowest BCUT2D eigenvalue weighted by Gasteiger charge is -2.37. The third-order valence-corrected chi connectivity index (χ3v) is 14.3. The van der Waals surface area contributed by atoms with Gasteiger partial charge in [0.1, 0.15) is 41.7 Å². The van der Waals surface area contributed by atoms with Crippen LogP contribution in [0.25, 0.3) is 0 Å². The van der Waals surface area contributed by atoms with E-state index in [1.54, 1.807) is 24.3 Å². The fourth-order valence-corrected chi connectivity index (χ4v) is 9.98. The standard InChI is InChI=1S/C53H73N11O11/c1-3-4-5-27-75-40-19-15-37(16-20-40)62-25-23-61(24-26-62)36-13-11-34(12-14-36)47(68)57-41-7-6-22-56-50(71)43-28-35(54)30-63(43)53(74)46(55)60-49(70)42(21-10-33-8-17-38(66)18-9-33)58-51(72)44-29-39(67)31-64(44)52(73)45(32(2)65)59-48(41)69/h8-9,11-20,32,35,39,41-46,65-67H,3-7,10,21-31,54-55H2,1-2H3,(H,56,71)(H,57,68)(H,58,72)(H,59,69)(H,60,70)/t32-,35?,39-,41?,42?,43?,44?,45?,46?/m1/s1. The number of phenols is 1. The molecule has 4 fully saturated rings. The number of nitrogens with two attached hydrogens (primary N) is 2. The summed E-state index contributed by atoms with van der Waals surface area (Å²) in [4.78, 5) is 105. The van der Waals surface area contributed by atoms with E-state index in [0.29, 0.717) is 12.2 Å². The van der Waals surface area contributed by atoms with Crippen LogP contribution in [0.4, 0.5) is 11.4 Å². The van der Waals surface area contributed by atoms with E-state index in [1.165, 1.54) is 24.0 Å². The predicted molar refractivity (Wildman–Crippen MR) is 278 cm³/mol. The van der Waals surface area contributed by atoms with Gasteiger partial charge < -0.3 is 77.7 Å². The highest BCUT2D eigenvalue weighted by molar-refractivity contribution is 6.00. The second kappa shape index (κ2) is 26.0. The molecule has 9 atom stereocenters. The molecule has 4 saturated heterocycles. The number of rotatable bonds is 13. The molecule has 4 aliphatic heterocycles. The molecule has 0 radical (unpaired) electrons. The number of phenolic OH excluding ortho intramolecular Hbond substituents is 1. The Morgan fingerprint density at radius 3 is 2.03 bits per heavy atom. The van der Waals surface area contributed by atoms with Gasteiger partial charge in [-0.2, -0.15) is 0 Å². The van der Waals surface area contributed by atoms with Crippen LogP contribution < -0.4 is 52.6 Å². The minimum atomic E-state index is -1.66. The molecule has 406 valence electrons. The van der Waals surface area contributed by atoms with Crippen LogP contribution in [0.5, 0.6) is 11.5 Å².